The summed E-state index contributed by atoms with van der Waals surface area (Å²) in [5, 5.41) is -0.727. The van der Waals surface area contributed by atoms with Gasteiger partial charge in [-0.05, 0) is 42.3 Å². The third-order valence-electron chi connectivity index (χ3n) is 3.93. The largest absolute Gasteiger partial charge is 0.223 e. The topological polar surface area (TPSA) is 34.1 Å². The van der Waals surface area contributed by atoms with Gasteiger partial charge in [-0.25, -0.2) is 8.42 Å². The van der Waals surface area contributed by atoms with Gasteiger partial charge in [0.15, 0.2) is 9.84 Å². The van der Waals surface area contributed by atoms with Crippen LogP contribution in [0.3, 0.4) is 0 Å². The predicted octanol–water partition coefficient (Wildman–Crippen LogP) is 5.32. The minimum atomic E-state index is -3.55. The first-order valence-corrected chi connectivity index (χ1v) is 9.93. The van der Waals surface area contributed by atoms with Crippen LogP contribution in [0.1, 0.15) is 21.9 Å². The second-order valence-electron chi connectivity index (χ2n) is 5.70. The van der Waals surface area contributed by atoms with Crippen molar-refractivity contribution in [2.45, 2.75) is 17.1 Å². The molecule has 0 aliphatic carbocycles. The van der Waals surface area contributed by atoms with Crippen molar-refractivity contribution in [2.75, 3.05) is 0 Å². The second kappa shape index (κ2) is 6.91. The molecule has 0 spiro atoms. The van der Waals surface area contributed by atoms with E-state index >= 15 is 0 Å². The summed E-state index contributed by atoms with van der Waals surface area (Å²) in [7, 11) is -3.55. The van der Waals surface area contributed by atoms with Gasteiger partial charge in [0.1, 0.15) is 5.25 Å². The number of aryl methyl sites for hydroxylation is 1. The molecule has 0 amide bonds. The van der Waals surface area contributed by atoms with E-state index in [-0.39, 0.29) is 0 Å². The van der Waals surface area contributed by atoms with Crippen molar-refractivity contribution < 1.29 is 8.42 Å². The van der Waals surface area contributed by atoms with Gasteiger partial charge in [-0.1, -0.05) is 76.1 Å². The first-order chi connectivity index (χ1) is 11.5. The molecule has 0 aliphatic heterocycles. The van der Waals surface area contributed by atoms with Crippen LogP contribution in [-0.4, -0.2) is 8.42 Å². The van der Waals surface area contributed by atoms with Gasteiger partial charge in [0.25, 0.3) is 0 Å². The molecule has 0 N–H and O–H groups in total. The molecule has 3 aromatic rings. The summed E-state index contributed by atoms with van der Waals surface area (Å²) in [5.74, 6) is 0. The molecule has 1 atom stereocenters. The molecule has 1 unspecified atom stereocenters. The Kier molecular flexibility index (Phi) is 4.88. The molecule has 0 radical (unpaired) electrons. The number of rotatable bonds is 4. The molecule has 0 fully saturated rings. The van der Waals surface area contributed by atoms with E-state index < -0.39 is 15.1 Å². The van der Waals surface area contributed by atoms with Gasteiger partial charge in [0.2, 0.25) is 0 Å². The molecule has 3 rings (SSSR count). The zero-order chi connectivity index (χ0) is 17.2. The van der Waals surface area contributed by atoms with E-state index in [4.69, 9.17) is 0 Å². The Morgan fingerprint density at radius 1 is 0.750 bits per heavy atom. The number of sulfone groups is 1. The van der Waals surface area contributed by atoms with Crippen molar-refractivity contribution in [1.82, 2.24) is 0 Å². The summed E-state index contributed by atoms with van der Waals surface area (Å²) in [6.45, 7) is 1.94. The molecule has 2 nitrogen and oxygen atoms in total. The van der Waals surface area contributed by atoms with Crippen molar-refractivity contribution in [3.05, 3.63) is 100 Å². The van der Waals surface area contributed by atoms with Crippen LogP contribution < -0.4 is 0 Å². The van der Waals surface area contributed by atoms with Gasteiger partial charge in [-0.2, -0.15) is 0 Å². The lowest BCUT2D eigenvalue weighted by Crippen LogP contribution is -2.15. The Morgan fingerprint density at radius 2 is 1.29 bits per heavy atom. The van der Waals surface area contributed by atoms with E-state index in [0.717, 1.165) is 21.2 Å². The quantitative estimate of drug-likeness (QED) is 0.593. The maximum absolute atomic E-state index is 13.3. The first-order valence-electron chi connectivity index (χ1n) is 7.59. The highest BCUT2D eigenvalue weighted by Gasteiger charge is 2.30. The molecule has 24 heavy (non-hydrogen) atoms. The van der Waals surface area contributed by atoms with Crippen LogP contribution >= 0.6 is 15.9 Å². The summed E-state index contributed by atoms with van der Waals surface area (Å²) in [6, 6.07) is 23.8. The van der Waals surface area contributed by atoms with Gasteiger partial charge >= 0.3 is 0 Å². The highest BCUT2D eigenvalue weighted by Crippen LogP contribution is 2.35. The van der Waals surface area contributed by atoms with Gasteiger partial charge in [-0.3, -0.25) is 0 Å². The van der Waals surface area contributed by atoms with Gasteiger partial charge < -0.3 is 0 Å². The lowest BCUT2D eigenvalue weighted by Gasteiger charge is -2.19. The molecule has 0 saturated carbocycles. The smallest absolute Gasteiger partial charge is 0.189 e. The van der Waals surface area contributed by atoms with Crippen LogP contribution in [0.5, 0.6) is 0 Å². The average Bonchev–Trinajstić information content (AvgIpc) is 2.58. The zero-order valence-electron chi connectivity index (χ0n) is 13.2. The molecule has 0 aliphatic rings. The van der Waals surface area contributed by atoms with E-state index in [1.54, 1.807) is 12.1 Å². The molecular formula is C20H17BrO2S. The van der Waals surface area contributed by atoms with E-state index in [0.29, 0.717) is 4.90 Å². The summed E-state index contributed by atoms with van der Waals surface area (Å²) in [5.41, 5.74) is 2.55. The van der Waals surface area contributed by atoms with Crippen LogP contribution in [0, 0.1) is 6.92 Å². The lowest BCUT2D eigenvalue weighted by molar-refractivity contribution is 0.589. The number of halogens is 1. The fraction of sp³-hybridized carbons (Fsp3) is 0.100. The lowest BCUT2D eigenvalue weighted by atomic mass is 10.0. The van der Waals surface area contributed by atoms with Crippen LogP contribution in [0.2, 0.25) is 0 Å². The second-order valence-corrected chi connectivity index (χ2v) is 8.65. The molecule has 0 saturated heterocycles. The third kappa shape index (κ3) is 3.45. The van der Waals surface area contributed by atoms with Crippen LogP contribution in [0.15, 0.2) is 88.2 Å². The van der Waals surface area contributed by atoms with Gasteiger partial charge in [0, 0.05) is 4.47 Å². The van der Waals surface area contributed by atoms with Crippen molar-refractivity contribution in [1.29, 1.82) is 0 Å². The molecule has 0 bridgehead atoms. The highest BCUT2D eigenvalue weighted by molar-refractivity contribution is 9.10. The Bertz CT molecular complexity index is 916. The van der Waals surface area contributed by atoms with Crippen molar-refractivity contribution >= 4 is 25.8 Å². The minimum absolute atomic E-state index is 0.338. The third-order valence-corrected chi connectivity index (χ3v) is 6.56. The fourth-order valence-electron chi connectivity index (χ4n) is 2.68. The molecule has 3 aromatic carbocycles. The predicted molar refractivity (Wildman–Crippen MR) is 101 cm³/mol. The van der Waals surface area contributed by atoms with E-state index in [2.05, 4.69) is 15.9 Å². The SMILES string of the molecule is Cc1ccc(S(=O)(=O)C(c2ccccc2)c2ccc(Br)cc2)cc1. The number of benzene rings is 3. The Morgan fingerprint density at radius 3 is 1.88 bits per heavy atom. The molecule has 4 heteroatoms. The molecule has 0 heterocycles. The van der Waals surface area contributed by atoms with Crippen molar-refractivity contribution in [2.24, 2.45) is 0 Å². The highest BCUT2D eigenvalue weighted by atomic mass is 79.9. The molecule has 0 aromatic heterocycles. The Hall–Kier alpha value is -1.91. The minimum Gasteiger partial charge on any atom is -0.223 e. The Balaban J connectivity index is 2.17. The van der Waals surface area contributed by atoms with Crippen molar-refractivity contribution in [3.63, 3.8) is 0 Å². The summed E-state index contributed by atoms with van der Waals surface area (Å²) < 4.78 is 27.6. The fourth-order valence-corrected chi connectivity index (χ4v) is 4.76. The van der Waals surface area contributed by atoms with E-state index in [1.807, 2.05) is 73.7 Å². The maximum Gasteiger partial charge on any atom is 0.189 e. The van der Waals surface area contributed by atoms with Crippen LogP contribution in [-0.2, 0) is 9.84 Å². The van der Waals surface area contributed by atoms with Crippen molar-refractivity contribution in [3.8, 4) is 0 Å². The molecule has 122 valence electrons. The summed E-state index contributed by atoms with van der Waals surface area (Å²) in [6.07, 6.45) is 0. The molecular weight excluding hydrogens is 384 g/mol. The summed E-state index contributed by atoms with van der Waals surface area (Å²) in [4.78, 5) is 0.338. The zero-order valence-corrected chi connectivity index (χ0v) is 15.6. The Labute approximate surface area is 151 Å². The standard InChI is InChI=1S/C20H17BrO2S/c1-15-7-13-19(14-8-15)24(22,23)20(16-5-3-2-4-6-16)17-9-11-18(21)12-10-17/h2-14,20H,1H3. The monoisotopic (exact) mass is 400 g/mol. The summed E-state index contributed by atoms with van der Waals surface area (Å²) >= 11 is 3.40. The van der Waals surface area contributed by atoms with Gasteiger partial charge in [-0.15, -0.1) is 0 Å². The maximum atomic E-state index is 13.3. The van der Waals surface area contributed by atoms with E-state index in [9.17, 15) is 8.42 Å². The normalized spacial score (nSPS) is 12.8. The van der Waals surface area contributed by atoms with Crippen LogP contribution in [0.25, 0.3) is 0 Å². The van der Waals surface area contributed by atoms with Crippen LogP contribution in [0.4, 0.5) is 0 Å². The number of hydrogen-bond acceptors (Lipinski definition) is 2. The van der Waals surface area contributed by atoms with Gasteiger partial charge in [0.05, 0.1) is 4.90 Å². The average molecular weight is 401 g/mol. The number of hydrogen-bond donors (Lipinski definition) is 0. The van der Waals surface area contributed by atoms with E-state index in [1.165, 1.54) is 0 Å². The first kappa shape index (κ1) is 16.9.